The zero-order chi connectivity index (χ0) is 12.5. The van der Waals surface area contributed by atoms with Gasteiger partial charge < -0.3 is 5.32 Å². The third-order valence-corrected chi connectivity index (χ3v) is 4.75. The summed E-state index contributed by atoms with van der Waals surface area (Å²) in [5, 5.41) is 2.77. The fraction of sp³-hybridized carbons (Fsp3) is 0.455. The van der Waals surface area contributed by atoms with Gasteiger partial charge in [0.15, 0.2) is 9.84 Å². The first-order valence-electron chi connectivity index (χ1n) is 5.33. The quantitative estimate of drug-likeness (QED) is 0.828. The smallest absolute Gasteiger partial charge is 0.253 e. The first-order valence-corrected chi connectivity index (χ1v) is 7.15. The summed E-state index contributed by atoms with van der Waals surface area (Å²) in [4.78, 5) is 15.7. The van der Waals surface area contributed by atoms with Crippen molar-refractivity contribution >= 4 is 15.7 Å². The molecule has 5 nitrogen and oxygen atoms in total. The predicted octanol–water partition coefficient (Wildman–Crippen LogP) is 0.389. The standard InChI is InChI=1S/C11H14N2O3S/c1-11(4-6-17(15,16)8-11)13-10(14)9-3-2-5-12-7-9/h2-3,5,7H,4,6,8H2,1H3,(H,13,14). The van der Waals surface area contributed by atoms with Gasteiger partial charge in [0.1, 0.15) is 0 Å². The van der Waals surface area contributed by atoms with Gasteiger partial charge in [0.2, 0.25) is 0 Å². The second-order valence-corrected chi connectivity index (χ2v) is 6.78. The van der Waals surface area contributed by atoms with E-state index in [1.165, 1.54) is 6.20 Å². The van der Waals surface area contributed by atoms with Gasteiger partial charge in [-0.2, -0.15) is 0 Å². The molecule has 2 rings (SSSR count). The molecule has 92 valence electrons. The molecule has 0 bridgehead atoms. The third kappa shape index (κ3) is 2.82. The normalized spacial score (nSPS) is 26.6. The van der Waals surface area contributed by atoms with Crippen molar-refractivity contribution in [3.05, 3.63) is 30.1 Å². The van der Waals surface area contributed by atoms with Crippen LogP contribution < -0.4 is 5.32 Å². The molecule has 1 fully saturated rings. The Balaban J connectivity index is 2.10. The molecule has 0 aliphatic carbocycles. The molecular formula is C11H14N2O3S. The fourth-order valence-corrected chi connectivity index (χ4v) is 4.05. The summed E-state index contributed by atoms with van der Waals surface area (Å²) in [6, 6.07) is 3.32. The Labute approximate surface area is 100 Å². The van der Waals surface area contributed by atoms with E-state index in [1.54, 1.807) is 25.3 Å². The first-order chi connectivity index (χ1) is 7.90. The van der Waals surface area contributed by atoms with Crippen molar-refractivity contribution < 1.29 is 13.2 Å². The molecule has 0 saturated carbocycles. The van der Waals surface area contributed by atoms with E-state index in [9.17, 15) is 13.2 Å². The van der Waals surface area contributed by atoms with Crippen LogP contribution in [0, 0.1) is 0 Å². The van der Waals surface area contributed by atoms with Crippen LogP contribution in [0.25, 0.3) is 0 Å². The van der Waals surface area contributed by atoms with Crippen molar-refractivity contribution in [2.75, 3.05) is 11.5 Å². The highest BCUT2D eigenvalue weighted by Crippen LogP contribution is 2.23. The lowest BCUT2D eigenvalue weighted by atomic mass is 10.0. The number of rotatable bonds is 2. The van der Waals surface area contributed by atoms with Crippen molar-refractivity contribution in [2.24, 2.45) is 0 Å². The van der Waals surface area contributed by atoms with Gasteiger partial charge in [0.25, 0.3) is 5.91 Å². The third-order valence-electron chi connectivity index (χ3n) is 2.84. The average molecular weight is 254 g/mol. The number of nitrogens with one attached hydrogen (secondary N) is 1. The van der Waals surface area contributed by atoms with Crippen molar-refractivity contribution in [1.82, 2.24) is 10.3 Å². The molecular weight excluding hydrogens is 240 g/mol. The van der Waals surface area contributed by atoms with Gasteiger partial charge in [-0.1, -0.05) is 0 Å². The van der Waals surface area contributed by atoms with E-state index in [2.05, 4.69) is 10.3 Å². The maximum Gasteiger partial charge on any atom is 0.253 e. The van der Waals surface area contributed by atoms with Crippen molar-refractivity contribution in [3.8, 4) is 0 Å². The van der Waals surface area contributed by atoms with Crippen LogP contribution in [-0.4, -0.2) is 36.4 Å². The molecule has 1 amide bonds. The van der Waals surface area contributed by atoms with Crippen LogP contribution >= 0.6 is 0 Å². The molecule has 1 aliphatic heterocycles. The summed E-state index contributed by atoms with van der Waals surface area (Å²) in [5.74, 6) is -0.138. The molecule has 0 radical (unpaired) electrons. The van der Waals surface area contributed by atoms with Crippen LogP contribution in [0.4, 0.5) is 0 Å². The first kappa shape index (κ1) is 12.0. The summed E-state index contributed by atoms with van der Waals surface area (Å²) in [7, 11) is -3.01. The summed E-state index contributed by atoms with van der Waals surface area (Å²) in [5.41, 5.74) is -0.218. The highest BCUT2D eigenvalue weighted by Gasteiger charge is 2.39. The van der Waals surface area contributed by atoms with Crippen molar-refractivity contribution in [3.63, 3.8) is 0 Å². The zero-order valence-electron chi connectivity index (χ0n) is 9.51. The minimum absolute atomic E-state index is 0.00595. The topological polar surface area (TPSA) is 76.1 Å². The van der Waals surface area contributed by atoms with Crippen LogP contribution in [0.2, 0.25) is 0 Å². The molecule has 1 saturated heterocycles. The van der Waals surface area contributed by atoms with Gasteiger partial charge in [-0.25, -0.2) is 8.42 Å². The van der Waals surface area contributed by atoms with E-state index >= 15 is 0 Å². The van der Waals surface area contributed by atoms with E-state index in [0.717, 1.165) is 0 Å². The Morgan fingerprint density at radius 1 is 1.53 bits per heavy atom. The molecule has 0 aromatic carbocycles. The Morgan fingerprint density at radius 2 is 2.29 bits per heavy atom. The van der Waals surface area contributed by atoms with Gasteiger partial charge in [-0.05, 0) is 25.5 Å². The zero-order valence-corrected chi connectivity index (χ0v) is 10.3. The van der Waals surface area contributed by atoms with E-state index in [4.69, 9.17) is 0 Å². The number of hydrogen-bond donors (Lipinski definition) is 1. The maximum absolute atomic E-state index is 11.9. The van der Waals surface area contributed by atoms with E-state index in [1.807, 2.05) is 0 Å². The molecule has 6 heteroatoms. The lowest BCUT2D eigenvalue weighted by Crippen LogP contribution is -2.46. The molecule has 1 atom stereocenters. The lowest BCUT2D eigenvalue weighted by molar-refractivity contribution is 0.0915. The summed E-state index contributed by atoms with van der Waals surface area (Å²) >= 11 is 0. The SMILES string of the molecule is CC1(NC(=O)c2cccnc2)CCS(=O)(=O)C1. The molecule has 1 aromatic heterocycles. The molecule has 1 aromatic rings. The number of sulfone groups is 1. The molecule has 17 heavy (non-hydrogen) atoms. The van der Waals surface area contributed by atoms with E-state index in [0.29, 0.717) is 12.0 Å². The van der Waals surface area contributed by atoms with Crippen molar-refractivity contribution in [1.29, 1.82) is 0 Å². The van der Waals surface area contributed by atoms with E-state index < -0.39 is 15.4 Å². The Morgan fingerprint density at radius 3 is 2.82 bits per heavy atom. The number of pyridine rings is 1. The molecule has 0 spiro atoms. The highest BCUT2D eigenvalue weighted by molar-refractivity contribution is 7.91. The van der Waals surface area contributed by atoms with Crippen LogP contribution in [0.3, 0.4) is 0 Å². The molecule has 1 aliphatic rings. The monoisotopic (exact) mass is 254 g/mol. The fourth-order valence-electron chi connectivity index (χ4n) is 1.95. The number of aromatic nitrogens is 1. The second kappa shape index (κ2) is 4.10. The maximum atomic E-state index is 11.9. The van der Waals surface area contributed by atoms with Gasteiger partial charge in [-0.15, -0.1) is 0 Å². The van der Waals surface area contributed by atoms with Crippen LogP contribution in [-0.2, 0) is 9.84 Å². The van der Waals surface area contributed by atoms with Gasteiger partial charge >= 0.3 is 0 Å². The molecule has 2 heterocycles. The van der Waals surface area contributed by atoms with Gasteiger partial charge in [0.05, 0.1) is 22.6 Å². The van der Waals surface area contributed by atoms with E-state index in [-0.39, 0.29) is 17.4 Å². The molecule has 1 N–H and O–H groups in total. The van der Waals surface area contributed by atoms with Crippen LogP contribution in [0.15, 0.2) is 24.5 Å². The minimum atomic E-state index is -3.01. The highest BCUT2D eigenvalue weighted by atomic mass is 32.2. The number of carbonyl (C=O) groups excluding carboxylic acids is 1. The Bertz CT molecular complexity index is 527. The number of hydrogen-bond acceptors (Lipinski definition) is 4. The average Bonchev–Trinajstić information content (AvgIpc) is 2.54. The van der Waals surface area contributed by atoms with Gasteiger partial charge in [0, 0.05) is 12.4 Å². The van der Waals surface area contributed by atoms with Gasteiger partial charge in [-0.3, -0.25) is 9.78 Å². The van der Waals surface area contributed by atoms with Crippen molar-refractivity contribution in [2.45, 2.75) is 18.9 Å². The van der Waals surface area contributed by atoms with Crippen LogP contribution in [0.1, 0.15) is 23.7 Å². The molecule has 1 unspecified atom stereocenters. The number of nitrogens with zero attached hydrogens (tertiary/aromatic N) is 1. The summed E-state index contributed by atoms with van der Waals surface area (Å²) in [6.45, 7) is 1.76. The minimum Gasteiger partial charge on any atom is -0.346 e. The number of amides is 1. The summed E-state index contributed by atoms with van der Waals surface area (Å²) < 4.78 is 22.8. The predicted molar refractivity (Wildman–Crippen MR) is 63.4 cm³/mol. The van der Waals surface area contributed by atoms with Crippen LogP contribution in [0.5, 0.6) is 0 Å². The largest absolute Gasteiger partial charge is 0.346 e. The number of carbonyl (C=O) groups is 1. The lowest BCUT2D eigenvalue weighted by Gasteiger charge is -2.23. The summed E-state index contributed by atoms with van der Waals surface area (Å²) in [6.07, 6.45) is 3.50. The Kier molecular flexibility index (Phi) is 2.91. The Hall–Kier alpha value is -1.43. The second-order valence-electron chi connectivity index (χ2n) is 4.60.